The Morgan fingerprint density at radius 2 is 1.68 bits per heavy atom. The number of hydrogen-bond acceptors (Lipinski definition) is 5. The molecule has 0 bridgehead atoms. The Morgan fingerprint density at radius 3 is 2.55 bits per heavy atom. The Hall–Kier alpha value is -3.35. The number of ether oxygens (including phenoxy) is 2. The van der Waals surface area contributed by atoms with Crippen LogP contribution in [0.5, 0.6) is 11.5 Å². The van der Waals surface area contributed by atoms with Gasteiger partial charge in [0, 0.05) is 23.7 Å². The molecule has 0 spiro atoms. The van der Waals surface area contributed by atoms with Gasteiger partial charge in [-0.15, -0.1) is 0 Å². The molecule has 6 nitrogen and oxygen atoms in total. The van der Waals surface area contributed by atoms with Crippen LogP contribution in [0.1, 0.15) is 16.8 Å². The summed E-state index contributed by atoms with van der Waals surface area (Å²) in [6, 6.07) is 23.8. The Kier molecular flexibility index (Phi) is 5.56. The zero-order valence-corrected chi connectivity index (χ0v) is 17.5. The van der Waals surface area contributed by atoms with Crippen LogP contribution in [0.4, 0.5) is 0 Å². The van der Waals surface area contributed by atoms with Gasteiger partial charge in [-0.2, -0.15) is 15.0 Å². The summed E-state index contributed by atoms with van der Waals surface area (Å²) in [5, 5.41) is 13.7. The third-order valence-electron chi connectivity index (χ3n) is 5.10. The molecule has 0 fully saturated rings. The van der Waals surface area contributed by atoms with Crippen LogP contribution in [-0.4, -0.2) is 21.8 Å². The Balaban J connectivity index is 1.35. The van der Waals surface area contributed by atoms with Crippen LogP contribution in [-0.2, 0) is 19.6 Å². The minimum atomic E-state index is 0.279. The summed E-state index contributed by atoms with van der Waals surface area (Å²) in [6.45, 7) is 2.06. The highest BCUT2D eigenvalue weighted by atomic mass is 35.5. The predicted molar refractivity (Wildman–Crippen MR) is 119 cm³/mol. The fraction of sp³-hybridized carbons (Fsp3) is 0.167. The van der Waals surface area contributed by atoms with Gasteiger partial charge in [0.1, 0.15) is 11.4 Å². The molecule has 3 aromatic carbocycles. The number of halogens is 1. The van der Waals surface area contributed by atoms with Crippen LogP contribution in [0.3, 0.4) is 0 Å². The molecule has 1 N–H and O–H groups in total. The quantitative estimate of drug-likeness (QED) is 0.460. The zero-order chi connectivity index (χ0) is 21.0. The number of nitrogens with zero attached hydrogens (tertiary/aromatic N) is 3. The lowest BCUT2D eigenvalue weighted by Gasteiger charge is -2.06. The topological polar surface area (TPSA) is 61.2 Å². The molecule has 0 atom stereocenters. The van der Waals surface area contributed by atoms with Gasteiger partial charge in [0.15, 0.2) is 11.5 Å². The van der Waals surface area contributed by atoms with Crippen molar-refractivity contribution in [2.75, 3.05) is 6.79 Å². The monoisotopic (exact) mass is 432 g/mol. The van der Waals surface area contributed by atoms with Gasteiger partial charge in [0.2, 0.25) is 6.79 Å². The minimum Gasteiger partial charge on any atom is -0.454 e. The maximum atomic E-state index is 6.33. The largest absolute Gasteiger partial charge is 0.454 e. The summed E-state index contributed by atoms with van der Waals surface area (Å²) < 4.78 is 10.8. The van der Waals surface area contributed by atoms with Gasteiger partial charge < -0.3 is 14.8 Å². The maximum Gasteiger partial charge on any atom is 0.231 e. The molecule has 0 radical (unpaired) electrons. The van der Waals surface area contributed by atoms with E-state index in [4.69, 9.17) is 31.3 Å². The molecular weight excluding hydrogens is 412 g/mol. The van der Waals surface area contributed by atoms with E-state index in [-0.39, 0.29) is 6.79 Å². The van der Waals surface area contributed by atoms with E-state index in [0.717, 1.165) is 39.6 Å². The molecule has 7 heteroatoms. The molecule has 0 saturated carbocycles. The second-order valence-electron chi connectivity index (χ2n) is 7.27. The number of benzene rings is 3. The van der Waals surface area contributed by atoms with Crippen LogP contribution in [0, 0.1) is 0 Å². The highest BCUT2D eigenvalue weighted by molar-refractivity contribution is 6.31. The third-order valence-corrected chi connectivity index (χ3v) is 5.47. The fourth-order valence-corrected chi connectivity index (χ4v) is 3.74. The highest BCUT2D eigenvalue weighted by Crippen LogP contribution is 2.32. The van der Waals surface area contributed by atoms with Crippen molar-refractivity contribution in [2.45, 2.75) is 19.6 Å². The first-order valence-electron chi connectivity index (χ1n) is 10.1. The van der Waals surface area contributed by atoms with E-state index in [1.165, 1.54) is 0 Å². The molecule has 1 aliphatic heterocycles. The summed E-state index contributed by atoms with van der Waals surface area (Å²) >= 11 is 6.33. The third kappa shape index (κ3) is 4.40. The van der Waals surface area contributed by atoms with Crippen molar-refractivity contribution in [3.8, 4) is 22.8 Å². The highest BCUT2D eigenvalue weighted by Gasteiger charge is 2.15. The Labute approximate surface area is 185 Å². The zero-order valence-electron chi connectivity index (χ0n) is 16.8. The second-order valence-corrected chi connectivity index (χ2v) is 7.68. The van der Waals surface area contributed by atoms with E-state index >= 15 is 0 Å². The summed E-state index contributed by atoms with van der Waals surface area (Å²) in [7, 11) is 0. The van der Waals surface area contributed by atoms with Gasteiger partial charge in [-0.1, -0.05) is 66.2 Å². The van der Waals surface area contributed by atoms with Gasteiger partial charge in [0.25, 0.3) is 0 Å². The van der Waals surface area contributed by atoms with Crippen LogP contribution in [0.25, 0.3) is 11.3 Å². The second kappa shape index (κ2) is 8.79. The van der Waals surface area contributed by atoms with Crippen LogP contribution in [0.2, 0.25) is 5.02 Å². The van der Waals surface area contributed by atoms with Gasteiger partial charge >= 0.3 is 0 Å². The van der Waals surface area contributed by atoms with E-state index in [9.17, 15) is 0 Å². The Morgan fingerprint density at radius 1 is 0.871 bits per heavy atom. The minimum absolute atomic E-state index is 0.279. The lowest BCUT2D eigenvalue weighted by molar-refractivity contribution is 0.174. The van der Waals surface area contributed by atoms with E-state index in [1.807, 2.05) is 72.8 Å². The Bertz CT molecular complexity index is 1190. The lowest BCUT2D eigenvalue weighted by atomic mass is 10.1. The molecule has 156 valence electrons. The lowest BCUT2D eigenvalue weighted by Crippen LogP contribution is -2.14. The number of fused-ring (bicyclic) bond motifs is 1. The van der Waals surface area contributed by atoms with Gasteiger partial charge in [-0.05, 0) is 29.3 Å². The van der Waals surface area contributed by atoms with Crippen molar-refractivity contribution in [1.29, 1.82) is 0 Å². The molecule has 4 aromatic rings. The normalized spacial score (nSPS) is 12.3. The summed E-state index contributed by atoms with van der Waals surface area (Å²) in [6.07, 6.45) is 0. The smallest absolute Gasteiger partial charge is 0.231 e. The molecule has 1 aliphatic rings. The van der Waals surface area contributed by atoms with E-state index in [1.54, 1.807) is 4.80 Å². The summed E-state index contributed by atoms with van der Waals surface area (Å²) in [5.74, 6) is 1.58. The van der Waals surface area contributed by atoms with Gasteiger partial charge in [-0.3, -0.25) is 0 Å². The first kappa shape index (κ1) is 19.6. The average Bonchev–Trinajstić information content (AvgIpc) is 3.42. The first-order chi connectivity index (χ1) is 15.3. The number of aromatic nitrogens is 3. The maximum absolute atomic E-state index is 6.33. The van der Waals surface area contributed by atoms with Crippen molar-refractivity contribution in [2.24, 2.45) is 0 Å². The number of nitrogens with one attached hydrogen (secondary N) is 1. The van der Waals surface area contributed by atoms with Crippen molar-refractivity contribution in [3.63, 3.8) is 0 Å². The van der Waals surface area contributed by atoms with Gasteiger partial charge in [-0.25, -0.2) is 0 Å². The molecule has 31 heavy (non-hydrogen) atoms. The predicted octanol–water partition coefficient (Wildman–Crippen LogP) is 4.67. The van der Waals surface area contributed by atoms with Crippen molar-refractivity contribution in [3.05, 3.63) is 94.6 Å². The summed E-state index contributed by atoms with van der Waals surface area (Å²) in [5.41, 5.74) is 4.89. The molecule has 2 heterocycles. The molecule has 0 amide bonds. The van der Waals surface area contributed by atoms with Crippen LogP contribution in [0.15, 0.2) is 72.8 Å². The van der Waals surface area contributed by atoms with E-state index < -0.39 is 0 Å². The SMILES string of the molecule is Clc1ccccc1Cn1nc(CNCc2ccc3c(c2)OCO3)c(-c2ccccc2)n1. The molecule has 5 rings (SSSR count). The van der Waals surface area contributed by atoms with Crippen molar-refractivity contribution < 1.29 is 9.47 Å². The van der Waals surface area contributed by atoms with Crippen LogP contribution < -0.4 is 14.8 Å². The number of rotatable bonds is 7. The molecule has 0 unspecified atom stereocenters. The molecule has 0 aliphatic carbocycles. The first-order valence-corrected chi connectivity index (χ1v) is 10.5. The molecule has 1 aromatic heterocycles. The van der Waals surface area contributed by atoms with E-state index in [0.29, 0.717) is 24.7 Å². The van der Waals surface area contributed by atoms with E-state index in [2.05, 4.69) is 5.32 Å². The van der Waals surface area contributed by atoms with Crippen LogP contribution >= 0.6 is 11.6 Å². The van der Waals surface area contributed by atoms with Gasteiger partial charge in [0.05, 0.1) is 6.54 Å². The number of hydrogen-bond donors (Lipinski definition) is 1. The molecule has 0 saturated heterocycles. The average molecular weight is 433 g/mol. The fourth-order valence-electron chi connectivity index (χ4n) is 3.55. The van der Waals surface area contributed by atoms with Crippen molar-refractivity contribution >= 4 is 11.6 Å². The molecular formula is C24H21ClN4O2. The summed E-state index contributed by atoms with van der Waals surface area (Å²) in [4.78, 5) is 1.71. The standard InChI is InChI=1S/C24H21ClN4O2/c25-20-9-5-4-8-19(20)15-29-27-21(24(28-29)18-6-2-1-3-7-18)14-26-13-17-10-11-22-23(12-17)31-16-30-22/h1-12,26H,13-16H2. The van der Waals surface area contributed by atoms with Crippen molar-refractivity contribution in [1.82, 2.24) is 20.3 Å².